The Hall–Kier alpha value is -1.35. The number of fused-ring (bicyclic) bond motifs is 2. The van der Waals surface area contributed by atoms with Gasteiger partial charge < -0.3 is 10.6 Å². The molecular formula is C14H18N2O. The van der Waals surface area contributed by atoms with Crippen LogP contribution in [0.1, 0.15) is 31.2 Å². The van der Waals surface area contributed by atoms with E-state index in [4.69, 9.17) is 0 Å². The first-order valence-corrected chi connectivity index (χ1v) is 6.40. The molecule has 2 heterocycles. The van der Waals surface area contributed by atoms with Crippen molar-refractivity contribution in [3.8, 4) is 0 Å². The molecule has 3 heteroatoms. The molecule has 0 bridgehead atoms. The summed E-state index contributed by atoms with van der Waals surface area (Å²) in [5, 5.41) is 6.45. The van der Waals surface area contributed by atoms with Crippen LogP contribution in [0.15, 0.2) is 24.3 Å². The van der Waals surface area contributed by atoms with E-state index in [9.17, 15) is 4.79 Å². The van der Waals surface area contributed by atoms with Crippen LogP contribution in [0.2, 0.25) is 0 Å². The van der Waals surface area contributed by atoms with Crippen molar-refractivity contribution in [1.29, 1.82) is 0 Å². The maximum absolute atomic E-state index is 11.7. The van der Waals surface area contributed by atoms with Crippen LogP contribution in [0.5, 0.6) is 0 Å². The molecule has 90 valence electrons. The Balaban J connectivity index is 2.07. The Morgan fingerprint density at radius 2 is 1.82 bits per heavy atom. The largest absolute Gasteiger partial charge is 0.326 e. The molecule has 1 aromatic carbocycles. The van der Waals surface area contributed by atoms with Gasteiger partial charge in [-0.15, -0.1) is 0 Å². The summed E-state index contributed by atoms with van der Waals surface area (Å²) in [6.07, 6.45) is 3.91. The summed E-state index contributed by atoms with van der Waals surface area (Å²) in [6.45, 7) is 2.12. The van der Waals surface area contributed by atoms with Crippen LogP contribution in [0, 0.1) is 0 Å². The number of amides is 1. The van der Waals surface area contributed by atoms with Crippen LogP contribution in [-0.4, -0.2) is 19.0 Å². The molecule has 0 unspecified atom stereocenters. The molecule has 2 aliphatic rings. The van der Waals surface area contributed by atoms with Gasteiger partial charge in [-0.1, -0.05) is 18.2 Å². The fourth-order valence-electron chi connectivity index (χ4n) is 3.18. The van der Waals surface area contributed by atoms with E-state index in [2.05, 4.69) is 22.8 Å². The number of piperidine rings is 1. The van der Waals surface area contributed by atoms with E-state index >= 15 is 0 Å². The summed E-state index contributed by atoms with van der Waals surface area (Å²) < 4.78 is 0. The zero-order chi connectivity index (χ0) is 11.7. The molecule has 1 aromatic rings. The predicted octanol–water partition coefficient (Wildman–Crippen LogP) is 2.04. The molecule has 1 saturated heterocycles. The van der Waals surface area contributed by atoms with E-state index in [1.165, 1.54) is 5.56 Å². The first-order valence-electron chi connectivity index (χ1n) is 6.40. The average molecular weight is 230 g/mol. The number of hydrogen-bond acceptors (Lipinski definition) is 2. The van der Waals surface area contributed by atoms with Gasteiger partial charge in [0.05, 0.1) is 0 Å². The number of nitrogens with one attached hydrogen (secondary N) is 2. The summed E-state index contributed by atoms with van der Waals surface area (Å²) in [4.78, 5) is 11.7. The second kappa shape index (κ2) is 4.15. The normalized spacial score (nSPS) is 22.7. The highest BCUT2D eigenvalue weighted by atomic mass is 16.1. The summed E-state index contributed by atoms with van der Waals surface area (Å²) in [6, 6.07) is 8.30. The van der Waals surface area contributed by atoms with Gasteiger partial charge >= 0.3 is 0 Å². The molecule has 0 aromatic heterocycles. The highest BCUT2D eigenvalue weighted by Gasteiger charge is 2.37. The molecule has 2 aliphatic heterocycles. The van der Waals surface area contributed by atoms with Crippen molar-refractivity contribution in [2.24, 2.45) is 0 Å². The Kier molecular flexibility index (Phi) is 2.63. The standard InChI is InChI=1S/C14H18N2O/c17-13-5-6-14(7-9-15-10-8-14)11-3-1-2-4-12(11)16-13/h1-4,15H,5-10H2,(H,16,17). The van der Waals surface area contributed by atoms with Crippen molar-refractivity contribution in [3.63, 3.8) is 0 Å². The molecule has 1 spiro atoms. The second-order valence-electron chi connectivity index (χ2n) is 5.12. The van der Waals surface area contributed by atoms with Gasteiger partial charge in [-0.25, -0.2) is 0 Å². The van der Waals surface area contributed by atoms with Gasteiger partial charge in [0, 0.05) is 17.5 Å². The number of hydrogen-bond donors (Lipinski definition) is 2. The minimum Gasteiger partial charge on any atom is -0.326 e. The molecule has 1 fully saturated rings. The molecule has 0 aliphatic carbocycles. The molecule has 1 amide bonds. The van der Waals surface area contributed by atoms with Crippen LogP contribution < -0.4 is 10.6 Å². The number of rotatable bonds is 0. The van der Waals surface area contributed by atoms with Crippen LogP contribution in [0.4, 0.5) is 5.69 Å². The van der Waals surface area contributed by atoms with E-state index in [1.807, 2.05) is 12.1 Å². The Morgan fingerprint density at radius 3 is 2.65 bits per heavy atom. The summed E-state index contributed by atoms with van der Waals surface area (Å²) in [5.41, 5.74) is 2.57. The molecule has 17 heavy (non-hydrogen) atoms. The smallest absolute Gasteiger partial charge is 0.224 e. The van der Waals surface area contributed by atoms with Gasteiger partial charge in [0.25, 0.3) is 0 Å². The third kappa shape index (κ3) is 1.84. The minimum absolute atomic E-state index is 0.160. The molecule has 3 nitrogen and oxygen atoms in total. The summed E-state index contributed by atoms with van der Waals surface area (Å²) in [7, 11) is 0. The average Bonchev–Trinajstić information content (AvgIpc) is 2.50. The van der Waals surface area contributed by atoms with Crippen molar-refractivity contribution in [1.82, 2.24) is 5.32 Å². The van der Waals surface area contributed by atoms with Crippen molar-refractivity contribution < 1.29 is 4.79 Å². The van der Waals surface area contributed by atoms with Crippen molar-refractivity contribution >= 4 is 11.6 Å². The third-order valence-electron chi connectivity index (χ3n) is 4.16. The zero-order valence-corrected chi connectivity index (χ0v) is 9.96. The van der Waals surface area contributed by atoms with Crippen LogP contribution in [-0.2, 0) is 10.2 Å². The zero-order valence-electron chi connectivity index (χ0n) is 9.96. The first kappa shape index (κ1) is 10.8. The molecule has 3 rings (SSSR count). The lowest BCUT2D eigenvalue weighted by Crippen LogP contribution is -2.39. The molecule has 0 radical (unpaired) electrons. The van der Waals surface area contributed by atoms with Gasteiger partial charge in [-0.2, -0.15) is 0 Å². The van der Waals surface area contributed by atoms with E-state index in [1.54, 1.807) is 0 Å². The van der Waals surface area contributed by atoms with Crippen LogP contribution in [0.25, 0.3) is 0 Å². The summed E-state index contributed by atoms with van der Waals surface area (Å²) >= 11 is 0. The van der Waals surface area contributed by atoms with E-state index in [-0.39, 0.29) is 11.3 Å². The highest BCUT2D eigenvalue weighted by molar-refractivity contribution is 5.92. The second-order valence-corrected chi connectivity index (χ2v) is 5.12. The maximum Gasteiger partial charge on any atom is 0.224 e. The molecular weight excluding hydrogens is 212 g/mol. The van der Waals surface area contributed by atoms with Gasteiger partial charge in [-0.3, -0.25) is 4.79 Å². The summed E-state index contributed by atoms with van der Waals surface area (Å²) in [5.74, 6) is 0.160. The number of carbonyl (C=O) groups excluding carboxylic acids is 1. The molecule has 0 atom stereocenters. The topological polar surface area (TPSA) is 41.1 Å². The van der Waals surface area contributed by atoms with Crippen molar-refractivity contribution in [3.05, 3.63) is 29.8 Å². The Morgan fingerprint density at radius 1 is 1.06 bits per heavy atom. The van der Waals surface area contributed by atoms with E-state index < -0.39 is 0 Å². The van der Waals surface area contributed by atoms with Gasteiger partial charge in [-0.05, 0) is 44.0 Å². The monoisotopic (exact) mass is 230 g/mol. The third-order valence-corrected chi connectivity index (χ3v) is 4.16. The maximum atomic E-state index is 11.7. The predicted molar refractivity (Wildman–Crippen MR) is 68.1 cm³/mol. The fraction of sp³-hybridized carbons (Fsp3) is 0.500. The molecule has 0 saturated carbocycles. The van der Waals surface area contributed by atoms with E-state index in [0.717, 1.165) is 38.0 Å². The lowest BCUT2D eigenvalue weighted by atomic mass is 9.70. The lowest BCUT2D eigenvalue weighted by Gasteiger charge is -2.38. The van der Waals surface area contributed by atoms with Crippen LogP contribution in [0.3, 0.4) is 0 Å². The number of anilines is 1. The number of carbonyl (C=O) groups is 1. The van der Waals surface area contributed by atoms with E-state index in [0.29, 0.717) is 6.42 Å². The van der Waals surface area contributed by atoms with Gasteiger partial charge in [0.1, 0.15) is 0 Å². The van der Waals surface area contributed by atoms with Crippen LogP contribution >= 0.6 is 0 Å². The SMILES string of the molecule is O=C1CCC2(CCNCC2)c2ccccc2N1. The number of benzene rings is 1. The highest BCUT2D eigenvalue weighted by Crippen LogP contribution is 2.43. The quantitative estimate of drug-likeness (QED) is 0.716. The van der Waals surface area contributed by atoms with Crippen molar-refractivity contribution in [2.45, 2.75) is 31.1 Å². The van der Waals surface area contributed by atoms with Crippen molar-refractivity contribution in [2.75, 3.05) is 18.4 Å². The lowest BCUT2D eigenvalue weighted by molar-refractivity contribution is -0.116. The van der Waals surface area contributed by atoms with Gasteiger partial charge in [0.15, 0.2) is 0 Å². The Labute approximate surface area is 102 Å². The Bertz CT molecular complexity index is 436. The molecule has 2 N–H and O–H groups in total. The van der Waals surface area contributed by atoms with Gasteiger partial charge in [0.2, 0.25) is 5.91 Å². The minimum atomic E-state index is 0.160. The first-order chi connectivity index (χ1) is 8.30. The number of para-hydroxylation sites is 1. The fourth-order valence-corrected chi connectivity index (χ4v) is 3.18.